The molecule has 84 valence electrons. The molecule has 2 nitrogen and oxygen atoms in total. The fraction of sp³-hybridized carbons (Fsp3) is 0.308. The first-order chi connectivity index (χ1) is 7.63. The summed E-state index contributed by atoms with van der Waals surface area (Å²) in [5.74, 6) is 0.0501. The molecular formula is C13H14ClNO. The van der Waals surface area contributed by atoms with E-state index in [1.807, 2.05) is 7.05 Å². The first-order valence-corrected chi connectivity index (χ1v) is 5.70. The summed E-state index contributed by atoms with van der Waals surface area (Å²) in [6.07, 6.45) is 3.89. The Balaban J connectivity index is 2.31. The first-order valence-electron chi connectivity index (χ1n) is 5.32. The van der Waals surface area contributed by atoms with Crippen molar-refractivity contribution >= 4 is 23.6 Å². The molecule has 0 heterocycles. The van der Waals surface area contributed by atoms with Gasteiger partial charge < -0.3 is 4.90 Å². The number of hydrogen-bond acceptors (Lipinski definition) is 1. The number of amides is 1. The van der Waals surface area contributed by atoms with Crippen molar-refractivity contribution in [3.8, 4) is 0 Å². The molecule has 0 radical (unpaired) electrons. The van der Waals surface area contributed by atoms with Crippen LogP contribution in [-0.2, 0) is 0 Å². The Morgan fingerprint density at radius 2 is 2.25 bits per heavy atom. The van der Waals surface area contributed by atoms with E-state index in [9.17, 15) is 4.79 Å². The molecule has 0 unspecified atom stereocenters. The van der Waals surface area contributed by atoms with E-state index in [1.165, 1.54) is 0 Å². The van der Waals surface area contributed by atoms with Crippen LogP contribution in [0.5, 0.6) is 0 Å². The first kappa shape index (κ1) is 11.2. The Bertz CT molecular complexity index is 438. The standard InChI is InChI=1S/C13H14ClNO/c1-3-9-8-10(14)4-7-12(9)13(16)15(2)11-5-6-11/h3-4,7-8,11H,1,5-6H2,2H3. The molecule has 1 aromatic carbocycles. The van der Waals surface area contributed by atoms with Gasteiger partial charge in [-0.1, -0.05) is 24.3 Å². The van der Waals surface area contributed by atoms with Crippen LogP contribution in [-0.4, -0.2) is 23.9 Å². The molecule has 0 saturated heterocycles. The van der Waals surface area contributed by atoms with Gasteiger partial charge in [-0.05, 0) is 36.6 Å². The lowest BCUT2D eigenvalue weighted by Crippen LogP contribution is -2.29. The van der Waals surface area contributed by atoms with Gasteiger partial charge in [0, 0.05) is 23.7 Å². The maximum Gasteiger partial charge on any atom is 0.254 e. The van der Waals surface area contributed by atoms with Gasteiger partial charge in [-0.25, -0.2) is 0 Å². The number of nitrogens with zero attached hydrogens (tertiary/aromatic N) is 1. The highest BCUT2D eigenvalue weighted by Gasteiger charge is 2.30. The van der Waals surface area contributed by atoms with Gasteiger partial charge in [-0.2, -0.15) is 0 Å². The third-order valence-electron chi connectivity index (χ3n) is 2.88. The Morgan fingerprint density at radius 3 is 2.81 bits per heavy atom. The molecule has 0 atom stereocenters. The number of halogens is 1. The van der Waals surface area contributed by atoms with Crippen LogP contribution in [0, 0.1) is 0 Å². The predicted molar refractivity (Wildman–Crippen MR) is 66.7 cm³/mol. The van der Waals surface area contributed by atoms with E-state index in [1.54, 1.807) is 29.2 Å². The number of hydrogen-bond donors (Lipinski definition) is 0. The Morgan fingerprint density at radius 1 is 1.56 bits per heavy atom. The van der Waals surface area contributed by atoms with E-state index < -0.39 is 0 Å². The lowest BCUT2D eigenvalue weighted by molar-refractivity contribution is 0.0785. The van der Waals surface area contributed by atoms with E-state index >= 15 is 0 Å². The highest BCUT2D eigenvalue weighted by molar-refractivity contribution is 6.30. The molecule has 0 N–H and O–H groups in total. The normalized spacial score (nSPS) is 14.6. The summed E-state index contributed by atoms with van der Waals surface area (Å²) in [6, 6.07) is 5.69. The second-order valence-corrected chi connectivity index (χ2v) is 4.52. The zero-order valence-electron chi connectivity index (χ0n) is 9.24. The second kappa shape index (κ2) is 4.30. The average Bonchev–Trinajstić information content (AvgIpc) is 3.10. The summed E-state index contributed by atoms with van der Waals surface area (Å²) in [5.41, 5.74) is 1.47. The highest BCUT2D eigenvalue weighted by atomic mass is 35.5. The molecular weight excluding hydrogens is 222 g/mol. The Hall–Kier alpha value is -1.28. The quantitative estimate of drug-likeness (QED) is 0.788. The summed E-state index contributed by atoms with van der Waals surface area (Å²) >= 11 is 5.88. The minimum atomic E-state index is 0.0501. The molecule has 1 aromatic rings. The fourth-order valence-corrected chi connectivity index (χ4v) is 1.90. The van der Waals surface area contributed by atoms with Gasteiger partial charge in [0.15, 0.2) is 0 Å². The van der Waals surface area contributed by atoms with Crippen LogP contribution in [0.2, 0.25) is 5.02 Å². The monoisotopic (exact) mass is 235 g/mol. The fourth-order valence-electron chi connectivity index (χ4n) is 1.71. The number of carbonyl (C=O) groups is 1. The van der Waals surface area contributed by atoms with Gasteiger partial charge in [0.25, 0.3) is 5.91 Å². The zero-order valence-corrected chi connectivity index (χ0v) is 10.00. The molecule has 3 heteroatoms. The van der Waals surface area contributed by atoms with E-state index in [4.69, 9.17) is 11.6 Å². The lowest BCUT2D eigenvalue weighted by atomic mass is 10.1. The van der Waals surface area contributed by atoms with E-state index in [-0.39, 0.29) is 5.91 Å². The highest BCUT2D eigenvalue weighted by Crippen LogP contribution is 2.28. The molecule has 1 amide bonds. The SMILES string of the molecule is C=Cc1cc(Cl)ccc1C(=O)N(C)C1CC1. The molecule has 1 aliphatic carbocycles. The smallest absolute Gasteiger partial charge is 0.254 e. The molecule has 1 fully saturated rings. The van der Waals surface area contributed by atoms with Crippen LogP contribution in [0.4, 0.5) is 0 Å². The van der Waals surface area contributed by atoms with Crippen LogP contribution in [0.3, 0.4) is 0 Å². The third-order valence-corrected chi connectivity index (χ3v) is 3.11. The van der Waals surface area contributed by atoms with Gasteiger partial charge in [0.2, 0.25) is 0 Å². The average molecular weight is 236 g/mol. The summed E-state index contributed by atoms with van der Waals surface area (Å²) in [5, 5.41) is 0.625. The van der Waals surface area contributed by atoms with Crippen LogP contribution in [0.1, 0.15) is 28.8 Å². The van der Waals surface area contributed by atoms with Gasteiger partial charge in [-0.3, -0.25) is 4.79 Å². The topological polar surface area (TPSA) is 20.3 Å². The van der Waals surface area contributed by atoms with Crippen molar-refractivity contribution in [2.24, 2.45) is 0 Å². The maximum absolute atomic E-state index is 12.2. The molecule has 1 saturated carbocycles. The third kappa shape index (κ3) is 2.12. The van der Waals surface area contributed by atoms with Gasteiger partial charge >= 0.3 is 0 Å². The van der Waals surface area contributed by atoms with E-state index in [0.29, 0.717) is 16.6 Å². The Kier molecular flexibility index (Phi) is 3.01. The largest absolute Gasteiger partial charge is 0.339 e. The molecule has 0 aliphatic heterocycles. The molecule has 0 aromatic heterocycles. The lowest BCUT2D eigenvalue weighted by Gasteiger charge is -2.17. The van der Waals surface area contributed by atoms with E-state index in [2.05, 4.69) is 6.58 Å². The molecule has 1 aliphatic rings. The van der Waals surface area contributed by atoms with Crippen LogP contribution in [0.15, 0.2) is 24.8 Å². The van der Waals surface area contributed by atoms with Crippen LogP contribution in [0.25, 0.3) is 6.08 Å². The molecule has 16 heavy (non-hydrogen) atoms. The minimum Gasteiger partial charge on any atom is -0.339 e. The number of benzene rings is 1. The Labute approximate surface area is 101 Å². The molecule has 0 spiro atoms. The number of carbonyl (C=O) groups excluding carboxylic acids is 1. The van der Waals surface area contributed by atoms with Crippen molar-refractivity contribution in [1.82, 2.24) is 4.90 Å². The summed E-state index contributed by atoms with van der Waals surface area (Å²) in [6.45, 7) is 3.71. The summed E-state index contributed by atoms with van der Waals surface area (Å²) in [4.78, 5) is 14.0. The second-order valence-electron chi connectivity index (χ2n) is 4.08. The van der Waals surface area contributed by atoms with Crippen molar-refractivity contribution in [3.63, 3.8) is 0 Å². The maximum atomic E-state index is 12.2. The van der Waals surface area contributed by atoms with Crippen molar-refractivity contribution in [2.75, 3.05) is 7.05 Å². The van der Waals surface area contributed by atoms with Crippen LogP contribution < -0.4 is 0 Å². The summed E-state index contributed by atoms with van der Waals surface area (Å²) < 4.78 is 0. The van der Waals surface area contributed by atoms with Gasteiger partial charge in [0.1, 0.15) is 0 Å². The van der Waals surface area contributed by atoms with Crippen molar-refractivity contribution in [1.29, 1.82) is 0 Å². The predicted octanol–water partition coefficient (Wildman–Crippen LogP) is 3.22. The van der Waals surface area contributed by atoms with Gasteiger partial charge in [-0.15, -0.1) is 0 Å². The minimum absolute atomic E-state index is 0.0501. The zero-order chi connectivity index (χ0) is 11.7. The van der Waals surface area contributed by atoms with E-state index in [0.717, 1.165) is 18.4 Å². The van der Waals surface area contributed by atoms with Crippen molar-refractivity contribution in [3.05, 3.63) is 40.9 Å². The summed E-state index contributed by atoms with van der Waals surface area (Å²) in [7, 11) is 1.85. The van der Waals surface area contributed by atoms with Crippen LogP contribution >= 0.6 is 11.6 Å². The number of rotatable bonds is 3. The van der Waals surface area contributed by atoms with Crippen molar-refractivity contribution < 1.29 is 4.79 Å². The van der Waals surface area contributed by atoms with Crippen molar-refractivity contribution in [2.45, 2.75) is 18.9 Å². The molecule has 0 bridgehead atoms. The molecule has 2 rings (SSSR count). The van der Waals surface area contributed by atoms with Gasteiger partial charge in [0.05, 0.1) is 0 Å².